The molecule has 0 N–H and O–H groups in total. The van der Waals surface area contributed by atoms with Crippen molar-refractivity contribution in [1.29, 1.82) is 0 Å². The van der Waals surface area contributed by atoms with Crippen LogP contribution in [0.5, 0.6) is 0 Å². The average molecular weight is 432 g/mol. The van der Waals surface area contributed by atoms with Crippen molar-refractivity contribution in [2.45, 2.75) is 53.2 Å². The van der Waals surface area contributed by atoms with Crippen molar-refractivity contribution in [1.82, 2.24) is 9.55 Å². The first kappa shape index (κ1) is 21.8. The van der Waals surface area contributed by atoms with E-state index in [9.17, 15) is 14.4 Å². The fourth-order valence-corrected chi connectivity index (χ4v) is 4.18. The van der Waals surface area contributed by atoms with Crippen molar-refractivity contribution in [2.24, 2.45) is 0 Å². The standard InChI is InChI=1S/C21H24N2O6S/c1-10(2)17-22-18-15(12(5)16(30-18)21(26)28-11(3)4)19(24)23(17)9-13-7-8-14(29-13)20(25)27-6/h7-8,10-11H,9H2,1-6H3. The van der Waals surface area contributed by atoms with E-state index in [-0.39, 0.29) is 29.9 Å². The molecule has 3 rings (SSSR count). The molecule has 0 bridgehead atoms. The minimum absolute atomic E-state index is 0.0504. The van der Waals surface area contributed by atoms with Crippen LogP contribution in [0.25, 0.3) is 10.2 Å². The number of aromatic nitrogens is 2. The SMILES string of the molecule is COC(=O)c1ccc(Cn2c(C(C)C)nc3sc(C(=O)OC(C)C)c(C)c3c2=O)o1. The molecule has 0 aliphatic rings. The molecule has 3 heterocycles. The second-order valence-corrected chi connectivity index (χ2v) is 8.46. The van der Waals surface area contributed by atoms with Crippen molar-refractivity contribution in [3.05, 3.63) is 50.3 Å². The van der Waals surface area contributed by atoms with E-state index in [0.29, 0.717) is 32.2 Å². The van der Waals surface area contributed by atoms with Gasteiger partial charge in [-0.05, 0) is 38.5 Å². The highest BCUT2D eigenvalue weighted by molar-refractivity contribution is 7.20. The van der Waals surface area contributed by atoms with Gasteiger partial charge in [-0.2, -0.15) is 0 Å². The van der Waals surface area contributed by atoms with E-state index in [1.54, 1.807) is 26.8 Å². The van der Waals surface area contributed by atoms with Crippen molar-refractivity contribution in [3.63, 3.8) is 0 Å². The van der Waals surface area contributed by atoms with Crippen molar-refractivity contribution >= 4 is 33.5 Å². The number of rotatable bonds is 6. The highest BCUT2D eigenvalue weighted by Crippen LogP contribution is 2.29. The number of hydrogen-bond donors (Lipinski definition) is 0. The lowest BCUT2D eigenvalue weighted by atomic mass is 10.1. The summed E-state index contributed by atoms with van der Waals surface area (Å²) >= 11 is 1.16. The number of carbonyl (C=O) groups is 2. The number of ether oxygens (including phenoxy) is 2. The molecule has 0 aromatic carbocycles. The molecule has 8 nitrogen and oxygen atoms in total. The number of nitrogens with zero attached hydrogens (tertiary/aromatic N) is 2. The van der Waals surface area contributed by atoms with Crippen LogP contribution in [0.15, 0.2) is 21.3 Å². The second-order valence-electron chi connectivity index (χ2n) is 7.46. The molecule has 3 aromatic rings. The van der Waals surface area contributed by atoms with E-state index < -0.39 is 11.9 Å². The Morgan fingerprint density at radius 2 is 1.90 bits per heavy atom. The van der Waals surface area contributed by atoms with E-state index in [2.05, 4.69) is 9.72 Å². The lowest BCUT2D eigenvalue weighted by Gasteiger charge is -2.14. The molecule has 0 fully saturated rings. The largest absolute Gasteiger partial charge is 0.463 e. The number of thiophene rings is 1. The van der Waals surface area contributed by atoms with Gasteiger partial charge in [-0.3, -0.25) is 9.36 Å². The number of aryl methyl sites for hydroxylation is 1. The summed E-state index contributed by atoms with van der Waals surface area (Å²) in [5.74, 6) is -0.0531. The predicted octanol–water partition coefficient (Wildman–Crippen LogP) is 3.88. The van der Waals surface area contributed by atoms with Crippen LogP contribution >= 0.6 is 11.3 Å². The Hall–Kier alpha value is -2.94. The fourth-order valence-electron chi connectivity index (χ4n) is 3.12. The summed E-state index contributed by atoms with van der Waals surface area (Å²) in [6.45, 7) is 9.23. The van der Waals surface area contributed by atoms with Crippen LogP contribution in [0, 0.1) is 6.92 Å². The number of furan rings is 1. The zero-order chi connectivity index (χ0) is 22.2. The number of carbonyl (C=O) groups excluding carboxylic acids is 2. The third kappa shape index (κ3) is 4.02. The van der Waals surface area contributed by atoms with Crippen LogP contribution in [-0.2, 0) is 16.0 Å². The molecule has 9 heteroatoms. The smallest absolute Gasteiger partial charge is 0.373 e. The van der Waals surface area contributed by atoms with E-state index in [0.717, 1.165) is 11.3 Å². The highest BCUT2D eigenvalue weighted by atomic mass is 32.1. The Morgan fingerprint density at radius 3 is 2.50 bits per heavy atom. The van der Waals surface area contributed by atoms with Crippen LogP contribution in [0.3, 0.4) is 0 Å². The van der Waals surface area contributed by atoms with E-state index >= 15 is 0 Å². The molecular formula is C21H24N2O6S. The van der Waals surface area contributed by atoms with Crippen LogP contribution in [0.2, 0.25) is 0 Å². The molecule has 0 amide bonds. The van der Waals surface area contributed by atoms with Gasteiger partial charge in [0.25, 0.3) is 5.56 Å². The maximum absolute atomic E-state index is 13.4. The van der Waals surface area contributed by atoms with Gasteiger partial charge < -0.3 is 13.9 Å². The van der Waals surface area contributed by atoms with Crippen LogP contribution in [0.4, 0.5) is 0 Å². The van der Waals surface area contributed by atoms with Gasteiger partial charge in [-0.25, -0.2) is 14.6 Å². The van der Waals surface area contributed by atoms with Crippen molar-refractivity contribution in [2.75, 3.05) is 7.11 Å². The molecule has 0 radical (unpaired) electrons. The Labute approximate surface area is 177 Å². The number of fused-ring (bicyclic) bond motifs is 1. The maximum atomic E-state index is 13.4. The molecule has 160 valence electrons. The first-order chi connectivity index (χ1) is 14.1. The highest BCUT2D eigenvalue weighted by Gasteiger charge is 2.24. The van der Waals surface area contributed by atoms with Gasteiger partial charge in [-0.1, -0.05) is 13.8 Å². The summed E-state index contributed by atoms with van der Waals surface area (Å²) in [4.78, 5) is 43.0. The van der Waals surface area contributed by atoms with Gasteiger partial charge >= 0.3 is 11.9 Å². The normalized spacial score (nSPS) is 11.5. The van der Waals surface area contributed by atoms with E-state index in [1.165, 1.54) is 17.7 Å². The summed E-state index contributed by atoms with van der Waals surface area (Å²) in [6.07, 6.45) is -0.263. The fraction of sp³-hybridized carbons (Fsp3) is 0.429. The zero-order valence-corrected chi connectivity index (χ0v) is 18.6. The van der Waals surface area contributed by atoms with Gasteiger partial charge in [0.2, 0.25) is 5.76 Å². The zero-order valence-electron chi connectivity index (χ0n) is 17.8. The topological polar surface area (TPSA) is 101 Å². The Bertz CT molecular complexity index is 1170. The minimum atomic E-state index is -0.590. The lowest BCUT2D eigenvalue weighted by molar-refractivity contribution is 0.0382. The molecule has 0 aliphatic carbocycles. The Morgan fingerprint density at radius 1 is 1.20 bits per heavy atom. The van der Waals surface area contributed by atoms with Crippen molar-refractivity contribution in [3.8, 4) is 0 Å². The van der Waals surface area contributed by atoms with Gasteiger partial charge in [0.15, 0.2) is 0 Å². The Kier molecular flexibility index (Phi) is 6.12. The molecule has 0 saturated carbocycles. The number of hydrogen-bond acceptors (Lipinski definition) is 8. The molecular weight excluding hydrogens is 408 g/mol. The summed E-state index contributed by atoms with van der Waals surface area (Å²) in [6, 6.07) is 3.13. The number of methoxy groups -OCH3 is 1. The molecule has 0 spiro atoms. The predicted molar refractivity (Wildman–Crippen MR) is 112 cm³/mol. The molecule has 0 saturated heterocycles. The third-order valence-corrected chi connectivity index (χ3v) is 5.65. The minimum Gasteiger partial charge on any atom is -0.463 e. The lowest BCUT2D eigenvalue weighted by Crippen LogP contribution is -2.26. The first-order valence-electron chi connectivity index (χ1n) is 9.55. The van der Waals surface area contributed by atoms with Crippen molar-refractivity contribution < 1.29 is 23.5 Å². The van der Waals surface area contributed by atoms with Crippen LogP contribution < -0.4 is 5.56 Å². The molecule has 0 unspecified atom stereocenters. The first-order valence-corrected chi connectivity index (χ1v) is 10.4. The summed E-state index contributed by atoms with van der Waals surface area (Å²) in [5.41, 5.74) is 0.286. The summed E-state index contributed by atoms with van der Waals surface area (Å²) in [5, 5.41) is 0.389. The second kappa shape index (κ2) is 8.43. The average Bonchev–Trinajstić information content (AvgIpc) is 3.27. The maximum Gasteiger partial charge on any atom is 0.373 e. The summed E-state index contributed by atoms with van der Waals surface area (Å²) in [7, 11) is 1.27. The Balaban J connectivity index is 2.12. The molecule has 3 aromatic heterocycles. The molecule has 0 aliphatic heterocycles. The van der Waals surface area contributed by atoms with Gasteiger partial charge in [0, 0.05) is 5.92 Å². The van der Waals surface area contributed by atoms with E-state index in [1.807, 2.05) is 13.8 Å². The third-order valence-electron chi connectivity index (χ3n) is 4.49. The quantitative estimate of drug-likeness (QED) is 0.545. The van der Waals surface area contributed by atoms with Gasteiger partial charge in [-0.15, -0.1) is 11.3 Å². The van der Waals surface area contributed by atoms with Crippen LogP contribution in [-0.4, -0.2) is 34.7 Å². The molecule has 30 heavy (non-hydrogen) atoms. The van der Waals surface area contributed by atoms with Crippen LogP contribution in [0.1, 0.15) is 71.0 Å². The summed E-state index contributed by atoms with van der Waals surface area (Å²) < 4.78 is 17.0. The molecule has 0 atom stereocenters. The van der Waals surface area contributed by atoms with Gasteiger partial charge in [0.1, 0.15) is 21.3 Å². The monoisotopic (exact) mass is 432 g/mol. The van der Waals surface area contributed by atoms with E-state index in [4.69, 9.17) is 9.15 Å². The number of esters is 2. The van der Waals surface area contributed by atoms with Gasteiger partial charge in [0.05, 0.1) is 25.1 Å².